The predicted octanol–water partition coefficient (Wildman–Crippen LogP) is 2.97. The second-order valence-electron chi connectivity index (χ2n) is 7.92. The maximum absolute atomic E-state index is 4.75. The summed E-state index contributed by atoms with van der Waals surface area (Å²) in [5, 5.41) is 14.8. The van der Waals surface area contributed by atoms with Crippen LogP contribution in [0.3, 0.4) is 0 Å². The topological polar surface area (TPSA) is 70.4 Å². The first-order chi connectivity index (χ1) is 14.8. The number of hydrogen-bond donors (Lipinski definition) is 2. The van der Waals surface area contributed by atoms with E-state index in [-0.39, 0.29) is 0 Å². The molecule has 0 atom stereocenters. The quantitative estimate of drug-likeness (QED) is 0.490. The van der Waals surface area contributed by atoms with Gasteiger partial charge in [0.25, 0.3) is 0 Å². The fourth-order valence-electron chi connectivity index (χ4n) is 3.85. The highest BCUT2D eigenvalue weighted by atomic mass is 15.3. The zero-order valence-corrected chi connectivity index (χ0v) is 18.6. The molecule has 0 unspecified atom stereocenters. The highest BCUT2D eigenvalue weighted by Gasteiger charge is 2.09. The highest BCUT2D eigenvalue weighted by Crippen LogP contribution is 2.14. The number of aromatic nitrogens is 3. The predicted molar refractivity (Wildman–Crippen MR) is 122 cm³/mol. The summed E-state index contributed by atoms with van der Waals surface area (Å²) in [5.41, 5.74) is 2.63. The molecule has 1 fully saturated rings. The number of nitrogens with zero attached hydrogens (tertiary/aromatic N) is 5. The number of hydrogen-bond acceptors (Lipinski definition) is 4. The van der Waals surface area contributed by atoms with Gasteiger partial charge in [0.1, 0.15) is 12.2 Å². The van der Waals surface area contributed by atoms with Gasteiger partial charge in [0.05, 0.1) is 6.54 Å². The third kappa shape index (κ3) is 7.13. The van der Waals surface area contributed by atoms with Gasteiger partial charge in [0.15, 0.2) is 5.96 Å². The third-order valence-corrected chi connectivity index (χ3v) is 5.55. The Bertz CT molecular complexity index is 758. The number of aryl methyl sites for hydroxylation is 1. The Morgan fingerprint density at radius 1 is 1.00 bits per heavy atom. The molecule has 7 heteroatoms. The number of benzene rings is 1. The van der Waals surface area contributed by atoms with Crippen molar-refractivity contribution in [2.75, 3.05) is 26.2 Å². The SMILES string of the molecule is CCNC(=NCc1ccc(CN2CCCCCC2)cc1)NCCn1cnnc1CC. The summed E-state index contributed by atoms with van der Waals surface area (Å²) in [7, 11) is 0. The molecule has 0 saturated carbocycles. The maximum Gasteiger partial charge on any atom is 0.191 e. The van der Waals surface area contributed by atoms with Gasteiger partial charge in [0, 0.05) is 32.6 Å². The fourth-order valence-corrected chi connectivity index (χ4v) is 3.85. The smallest absolute Gasteiger partial charge is 0.191 e. The van der Waals surface area contributed by atoms with E-state index in [0.29, 0.717) is 6.54 Å². The molecule has 0 spiro atoms. The van der Waals surface area contributed by atoms with Crippen LogP contribution < -0.4 is 10.6 Å². The Morgan fingerprint density at radius 2 is 1.73 bits per heavy atom. The molecular weight excluding hydrogens is 374 g/mol. The summed E-state index contributed by atoms with van der Waals surface area (Å²) < 4.78 is 2.08. The van der Waals surface area contributed by atoms with Crippen LogP contribution in [0.4, 0.5) is 0 Å². The largest absolute Gasteiger partial charge is 0.357 e. The molecular formula is C23H37N7. The zero-order valence-electron chi connectivity index (χ0n) is 18.6. The molecule has 3 rings (SSSR count). The van der Waals surface area contributed by atoms with Crippen molar-refractivity contribution in [3.8, 4) is 0 Å². The molecule has 30 heavy (non-hydrogen) atoms. The van der Waals surface area contributed by atoms with Gasteiger partial charge in [-0.05, 0) is 44.0 Å². The van der Waals surface area contributed by atoms with Gasteiger partial charge in [-0.1, -0.05) is 44.0 Å². The number of rotatable bonds is 9. The van der Waals surface area contributed by atoms with E-state index < -0.39 is 0 Å². The summed E-state index contributed by atoms with van der Waals surface area (Å²) in [4.78, 5) is 7.34. The Balaban J connectivity index is 1.48. The summed E-state index contributed by atoms with van der Waals surface area (Å²) in [6.45, 7) is 10.8. The molecule has 2 heterocycles. The minimum absolute atomic E-state index is 0.673. The van der Waals surface area contributed by atoms with E-state index in [0.717, 1.165) is 44.4 Å². The second kappa shape index (κ2) is 12.3. The minimum atomic E-state index is 0.673. The monoisotopic (exact) mass is 411 g/mol. The molecule has 0 aliphatic carbocycles. The van der Waals surface area contributed by atoms with Crippen LogP contribution in [0.1, 0.15) is 56.5 Å². The van der Waals surface area contributed by atoms with Crippen molar-refractivity contribution >= 4 is 5.96 Å². The van der Waals surface area contributed by atoms with Crippen molar-refractivity contribution in [1.29, 1.82) is 0 Å². The van der Waals surface area contributed by atoms with Crippen molar-refractivity contribution in [2.24, 2.45) is 4.99 Å². The van der Waals surface area contributed by atoms with Gasteiger partial charge in [-0.25, -0.2) is 4.99 Å². The van der Waals surface area contributed by atoms with Crippen LogP contribution in [-0.2, 0) is 26.1 Å². The lowest BCUT2D eigenvalue weighted by molar-refractivity contribution is 0.277. The number of nitrogens with one attached hydrogen (secondary N) is 2. The Morgan fingerprint density at radius 3 is 2.43 bits per heavy atom. The lowest BCUT2D eigenvalue weighted by Gasteiger charge is -2.19. The van der Waals surface area contributed by atoms with Gasteiger partial charge >= 0.3 is 0 Å². The zero-order chi connectivity index (χ0) is 21.0. The van der Waals surface area contributed by atoms with E-state index in [9.17, 15) is 0 Å². The molecule has 2 N–H and O–H groups in total. The summed E-state index contributed by atoms with van der Waals surface area (Å²) >= 11 is 0. The molecule has 1 saturated heterocycles. The first-order valence-corrected chi connectivity index (χ1v) is 11.5. The minimum Gasteiger partial charge on any atom is -0.357 e. The van der Waals surface area contributed by atoms with E-state index in [4.69, 9.17) is 4.99 Å². The van der Waals surface area contributed by atoms with Crippen molar-refractivity contribution in [1.82, 2.24) is 30.3 Å². The first kappa shape index (κ1) is 22.3. The number of aliphatic imine (C=N–C) groups is 1. The molecule has 1 aromatic heterocycles. The normalized spacial score (nSPS) is 15.7. The van der Waals surface area contributed by atoms with Crippen molar-refractivity contribution in [3.05, 3.63) is 47.5 Å². The van der Waals surface area contributed by atoms with Gasteiger partial charge in [-0.15, -0.1) is 10.2 Å². The summed E-state index contributed by atoms with van der Waals surface area (Å²) in [6.07, 6.45) is 8.12. The van der Waals surface area contributed by atoms with E-state index in [1.54, 1.807) is 6.33 Å². The van der Waals surface area contributed by atoms with Crippen LogP contribution in [0.15, 0.2) is 35.6 Å². The first-order valence-electron chi connectivity index (χ1n) is 11.5. The maximum atomic E-state index is 4.75. The number of likely N-dealkylation sites (tertiary alicyclic amines) is 1. The molecule has 1 aliphatic rings. The molecule has 2 aromatic rings. The standard InChI is InChI=1S/C23H37N7/c1-3-22-28-27-19-30(22)16-13-25-23(24-4-2)26-17-20-9-11-21(12-10-20)18-29-14-7-5-6-8-15-29/h9-12,19H,3-8,13-18H2,1-2H3,(H2,24,25,26). The summed E-state index contributed by atoms with van der Waals surface area (Å²) in [5.74, 6) is 1.86. The summed E-state index contributed by atoms with van der Waals surface area (Å²) in [6, 6.07) is 8.94. The van der Waals surface area contributed by atoms with Gasteiger partial charge < -0.3 is 15.2 Å². The van der Waals surface area contributed by atoms with Crippen molar-refractivity contribution < 1.29 is 0 Å². The average Bonchev–Trinajstić information content (AvgIpc) is 3.07. The van der Waals surface area contributed by atoms with E-state index in [2.05, 4.69) is 68.4 Å². The van der Waals surface area contributed by atoms with Crippen LogP contribution in [0, 0.1) is 0 Å². The van der Waals surface area contributed by atoms with Gasteiger partial charge in [-0.3, -0.25) is 4.90 Å². The number of guanidine groups is 1. The highest BCUT2D eigenvalue weighted by molar-refractivity contribution is 5.79. The Kier molecular flexibility index (Phi) is 9.15. The lowest BCUT2D eigenvalue weighted by Crippen LogP contribution is -2.38. The van der Waals surface area contributed by atoms with Gasteiger partial charge in [0.2, 0.25) is 0 Å². The van der Waals surface area contributed by atoms with E-state index >= 15 is 0 Å². The second-order valence-corrected chi connectivity index (χ2v) is 7.92. The Labute approximate surface area is 181 Å². The molecule has 0 amide bonds. The van der Waals surface area contributed by atoms with Crippen molar-refractivity contribution in [2.45, 2.75) is 65.6 Å². The molecule has 1 aromatic carbocycles. The molecule has 7 nitrogen and oxygen atoms in total. The molecule has 164 valence electrons. The van der Waals surface area contributed by atoms with Gasteiger partial charge in [-0.2, -0.15) is 0 Å². The third-order valence-electron chi connectivity index (χ3n) is 5.55. The van der Waals surface area contributed by atoms with Crippen LogP contribution in [0.2, 0.25) is 0 Å². The molecule has 0 radical (unpaired) electrons. The van der Waals surface area contributed by atoms with Crippen LogP contribution in [-0.4, -0.2) is 51.8 Å². The van der Waals surface area contributed by atoms with E-state index in [1.807, 2.05) is 0 Å². The lowest BCUT2D eigenvalue weighted by atomic mass is 10.1. The van der Waals surface area contributed by atoms with Crippen LogP contribution >= 0.6 is 0 Å². The average molecular weight is 412 g/mol. The van der Waals surface area contributed by atoms with Crippen LogP contribution in [0.25, 0.3) is 0 Å². The van der Waals surface area contributed by atoms with Crippen LogP contribution in [0.5, 0.6) is 0 Å². The van der Waals surface area contributed by atoms with Crippen molar-refractivity contribution in [3.63, 3.8) is 0 Å². The molecule has 0 bridgehead atoms. The molecule has 1 aliphatic heterocycles. The fraction of sp³-hybridized carbons (Fsp3) is 0.609. The van der Waals surface area contributed by atoms with E-state index in [1.165, 1.54) is 49.9 Å². The Hall–Kier alpha value is -2.41.